The summed E-state index contributed by atoms with van der Waals surface area (Å²) in [6.07, 6.45) is -21.1. The van der Waals surface area contributed by atoms with E-state index in [-0.39, 0.29) is 38.4 Å². The smallest absolute Gasteiger partial charge is 0.121 e. The lowest BCUT2D eigenvalue weighted by molar-refractivity contribution is -0.245. The van der Waals surface area contributed by atoms with Crippen LogP contribution in [0.5, 0.6) is 23.0 Å². The normalized spacial score (nSPS) is 27.8. The summed E-state index contributed by atoms with van der Waals surface area (Å²) in [4.78, 5) is 0. The number of aliphatic hydroxyl groups is 11. The summed E-state index contributed by atoms with van der Waals surface area (Å²) < 4.78 is 61.9. The van der Waals surface area contributed by atoms with Crippen LogP contribution in [0, 0.1) is 13.8 Å². The van der Waals surface area contributed by atoms with Crippen molar-refractivity contribution in [3.63, 3.8) is 0 Å². The van der Waals surface area contributed by atoms with Crippen LogP contribution in [-0.4, -0.2) is 169 Å². The first kappa shape index (κ1) is 78.6. The second-order valence-corrected chi connectivity index (χ2v) is 31.0. The van der Waals surface area contributed by atoms with Gasteiger partial charge in [0.05, 0.1) is 32.5 Å². The van der Waals surface area contributed by atoms with E-state index in [0.717, 1.165) is 66.8 Å². The number of fused-ring (bicyclic) bond motifs is 3. The minimum absolute atomic E-state index is 0.0493. The van der Waals surface area contributed by atoms with E-state index in [1.165, 1.54) is 11.1 Å². The van der Waals surface area contributed by atoms with Gasteiger partial charge in [-0.05, 0) is 194 Å². The molecule has 584 valence electrons. The molecule has 9 aromatic carbocycles. The molecule has 3 fully saturated rings. The van der Waals surface area contributed by atoms with Gasteiger partial charge in [0.1, 0.15) is 159 Å². The standard InChI is InChI=1S/C87H89Cl3O21/c1-44-3-11-53-37-106-72(63(53)25-44)41-103-59-17-6-47(7-18-59)28-55-33-51(13-23-67(55)89)85-81(99)78(96)76(94)74(110-85)43-105-61-26-45(2)65-39-108-73(64(65)35-61)42-104-60-19-8-48(9-20-60)29-56-34-52(14-24-68(56)90)86-82(100)79(97)83(101)87(111-86)69(92)31-49-10-21-62-57(30-49)38-107-71(62)40-102-58-15-4-46(5-16-58)27-54-32-50(12-22-66(54)88)84-80(98)77(95)75(93)70(36-91)109-84/h3-26,30,32-35,69-87,91-101H,27-29,31,36-43H2,1-2H3/t69?,70-,71?,72?,73?,74-,75-,76-,77+,78+,79-,80-,81-,82-,83+,84+,85+,86+,87-/m1/s1. The molecule has 15 rings (SSSR count). The number of hydrogen-bond acceptors (Lipinski definition) is 21. The molecule has 6 heterocycles. The summed E-state index contributed by atoms with van der Waals surface area (Å²) in [5, 5.41) is 122. The number of aliphatic hydroxyl groups excluding tert-OH is 11. The molecular weight excluding hydrogens is 1490 g/mol. The lowest BCUT2D eigenvalue weighted by Crippen LogP contribution is -2.58. The molecule has 21 nitrogen and oxygen atoms in total. The number of rotatable bonds is 25. The van der Waals surface area contributed by atoms with Gasteiger partial charge in [0.2, 0.25) is 0 Å². The zero-order valence-corrected chi connectivity index (χ0v) is 63.1. The lowest BCUT2D eigenvalue weighted by atomic mass is 9.87. The fourth-order valence-corrected chi connectivity index (χ4v) is 16.3. The molecule has 24 heteroatoms. The molecule has 0 aromatic heterocycles. The molecule has 0 amide bonds. The molecule has 4 unspecified atom stereocenters. The Morgan fingerprint density at radius 1 is 0.378 bits per heavy atom. The third-order valence-corrected chi connectivity index (χ3v) is 23.3. The van der Waals surface area contributed by atoms with Crippen molar-refractivity contribution in [2.24, 2.45) is 0 Å². The molecule has 11 N–H and O–H groups in total. The first-order valence-corrected chi connectivity index (χ1v) is 38.4. The van der Waals surface area contributed by atoms with E-state index in [0.29, 0.717) is 106 Å². The average molecular weight is 1580 g/mol. The maximum atomic E-state index is 11.7. The fourth-order valence-electron chi connectivity index (χ4n) is 15.8. The third-order valence-electron chi connectivity index (χ3n) is 22.2. The van der Waals surface area contributed by atoms with E-state index in [9.17, 15) is 56.2 Å². The van der Waals surface area contributed by atoms with Gasteiger partial charge in [0, 0.05) is 21.5 Å². The average Bonchev–Trinajstić information content (AvgIpc) is 1.57. The summed E-state index contributed by atoms with van der Waals surface area (Å²) in [5.74, 6) is 2.40. The van der Waals surface area contributed by atoms with Crippen molar-refractivity contribution in [2.45, 2.75) is 175 Å². The summed E-state index contributed by atoms with van der Waals surface area (Å²) in [6.45, 7) is 5.34. The highest BCUT2D eigenvalue weighted by Gasteiger charge is 2.49. The molecule has 6 aliphatic rings. The van der Waals surface area contributed by atoms with Gasteiger partial charge in [-0.1, -0.05) is 150 Å². The Kier molecular flexibility index (Phi) is 24.2. The van der Waals surface area contributed by atoms with Crippen LogP contribution in [0.2, 0.25) is 15.1 Å². The Morgan fingerprint density at radius 3 is 1.32 bits per heavy atom. The first-order valence-electron chi connectivity index (χ1n) is 37.3. The van der Waals surface area contributed by atoms with Crippen molar-refractivity contribution >= 4 is 34.8 Å². The van der Waals surface area contributed by atoms with Gasteiger partial charge in [-0.25, -0.2) is 0 Å². The second-order valence-electron chi connectivity index (χ2n) is 29.8. The molecule has 111 heavy (non-hydrogen) atoms. The van der Waals surface area contributed by atoms with E-state index >= 15 is 0 Å². The van der Waals surface area contributed by atoms with Crippen molar-refractivity contribution in [2.75, 3.05) is 33.0 Å². The maximum Gasteiger partial charge on any atom is 0.121 e. The van der Waals surface area contributed by atoms with Crippen molar-refractivity contribution in [1.29, 1.82) is 0 Å². The molecule has 0 aliphatic carbocycles. The monoisotopic (exact) mass is 1570 g/mol. The fraction of sp³-hybridized carbons (Fsp3) is 0.379. The van der Waals surface area contributed by atoms with Gasteiger partial charge in [0.25, 0.3) is 0 Å². The van der Waals surface area contributed by atoms with E-state index in [2.05, 4.69) is 25.1 Å². The highest BCUT2D eigenvalue weighted by molar-refractivity contribution is 6.32. The topological polar surface area (TPSA) is 315 Å². The Labute approximate surface area is 657 Å². The molecule has 0 saturated carbocycles. The van der Waals surface area contributed by atoms with Crippen LogP contribution >= 0.6 is 34.8 Å². The molecule has 6 aliphatic heterocycles. The van der Waals surface area contributed by atoms with Gasteiger partial charge in [-0.3, -0.25) is 0 Å². The Morgan fingerprint density at radius 2 is 0.811 bits per heavy atom. The van der Waals surface area contributed by atoms with Crippen LogP contribution in [0.1, 0.15) is 137 Å². The molecule has 3 saturated heterocycles. The molecule has 0 bridgehead atoms. The summed E-state index contributed by atoms with van der Waals surface area (Å²) in [5.41, 5.74) is 15.5. The van der Waals surface area contributed by atoms with Crippen molar-refractivity contribution in [1.82, 2.24) is 0 Å². The minimum atomic E-state index is -1.65. The van der Waals surface area contributed by atoms with E-state index < -0.39 is 110 Å². The van der Waals surface area contributed by atoms with Gasteiger partial charge >= 0.3 is 0 Å². The van der Waals surface area contributed by atoms with E-state index in [1.54, 1.807) is 48.5 Å². The third kappa shape index (κ3) is 17.3. The van der Waals surface area contributed by atoms with Crippen LogP contribution in [-0.2, 0) is 73.9 Å². The Balaban J connectivity index is 0.520. The zero-order valence-electron chi connectivity index (χ0n) is 60.8. The molecular formula is C87H89Cl3O21. The van der Waals surface area contributed by atoms with Crippen LogP contribution in [0.3, 0.4) is 0 Å². The summed E-state index contributed by atoms with van der Waals surface area (Å²) in [6, 6.07) is 54.2. The maximum absolute atomic E-state index is 11.7. The number of halogens is 3. The summed E-state index contributed by atoms with van der Waals surface area (Å²) in [7, 11) is 0. The van der Waals surface area contributed by atoms with Crippen molar-refractivity contribution in [3.8, 4) is 23.0 Å². The van der Waals surface area contributed by atoms with Crippen LogP contribution in [0.25, 0.3) is 0 Å². The first-order chi connectivity index (χ1) is 53.6. The number of ether oxygens (including phenoxy) is 10. The van der Waals surface area contributed by atoms with Gasteiger partial charge in [-0.15, -0.1) is 0 Å². The van der Waals surface area contributed by atoms with Gasteiger partial charge < -0.3 is 104 Å². The van der Waals surface area contributed by atoms with Crippen molar-refractivity contribution < 1.29 is 104 Å². The predicted molar refractivity (Wildman–Crippen MR) is 409 cm³/mol. The quantitative estimate of drug-likeness (QED) is 0.0253. The zero-order chi connectivity index (χ0) is 77.5. The lowest BCUT2D eigenvalue weighted by Gasteiger charge is -2.42. The van der Waals surface area contributed by atoms with Gasteiger partial charge in [-0.2, -0.15) is 0 Å². The number of benzene rings is 9. The van der Waals surface area contributed by atoms with E-state index in [4.69, 9.17) is 82.2 Å². The van der Waals surface area contributed by atoms with Crippen LogP contribution in [0.4, 0.5) is 0 Å². The van der Waals surface area contributed by atoms with E-state index in [1.807, 2.05) is 116 Å². The van der Waals surface area contributed by atoms with Crippen LogP contribution < -0.4 is 18.9 Å². The Hall–Kier alpha value is -7.63. The highest BCUT2D eigenvalue weighted by atomic mass is 35.5. The summed E-state index contributed by atoms with van der Waals surface area (Å²) >= 11 is 20.2. The predicted octanol–water partition coefficient (Wildman–Crippen LogP) is 10.2. The molecule has 0 radical (unpaired) electrons. The van der Waals surface area contributed by atoms with Crippen molar-refractivity contribution in [3.05, 3.63) is 291 Å². The molecule has 19 atom stereocenters. The number of aryl methyl sites for hydroxylation is 2. The highest BCUT2D eigenvalue weighted by Crippen LogP contribution is 2.43. The molecule has 9 aromatic rings. The van der Waals surface area contributed by atoms with Crippen LogP contribution in [0.15, 0.2) is 176 Å². The SMILES string of the molecule is Cc1ccc2c(c1)C(COc1ccc(Cc3cc([C@@H]4O[C@H](COc5cc(C)c6c(c5)C(COc5ccc(Cc7cc([C@@H]8O[C@H](C(O)Cc9ccc%10c(c9)COC%10COc9ccc(Cc%10cc([C@@H]%11O[C@H](CO)[C@@H](O)[C@H](O)[C@H]%11O)ccc%10Cl)cc9)[C@@H](O)[C@H](O)[C@H]8O)ccc7Cl)cc5)OC6)[C@@H](O)[C@H](O)[C@H]4O)ccc3Cl)cc1)OC2. The minimum Gasteiger partial charge on any atom is -0.491 e. The molecule has 0 spiro atoms. The van der Waals surface area contributed by atoms with Gasteiger partial charge in [0.15, 0.2) is 0 Å². The Bertz CT molecular complexity index is 4740. The second kappa shape index (κ2) is 34.2. The largest absolute Gasteiger partial charge is 0.491 e. The number of hydrogen-bond donors (Lipinski definition) is 11.